The van der Waals surface area contributed by atoms with E-state index in [0.717, 1.165) is 25.9 Å². The molecule has 0 aliphatic carbocycles. The van der Waals surface area contributed by atoms with Crippen LogP contribution >= 0.6 is 31.9 Å². The number of aromatic carboxylic acids is 1. The summed E-state index contributed by atoms with van der Waals surface area (Å²) in [5.74, 6) is -0.930. The molecule has 0 amide bonds. The fraction of sp³-hybridized carbons (Fsp3) is 0.231. The van der Waals surface area contributed by atoms with Crippen LogP contribution in [-0.2, 0) is 6.54 Å². The Kier molecular flexibility index (Phi) is 4.10. The molecule has 100 valence electrons. The SMILES string of the molecule is Cc1nn(Cc2ccc(C(=O)O)cc2Br)c(C)c1Br. The summed E-state index contributed by atoms with van der Waals surface area (Å²) in [7, 11) is 0. The number of hydrogen-bond acceptors (Lipinski definition) is 2. The molecule has 19 heavy (non-hydrogen) atoms. The number of carboxylic acid groups (broad SMARTS) is 1. The maximum Gasteiger partial charge on any atom is 0.335 e. The molecule has 1 heterocycles. The lowest BCUT2D eigenvalue weighted by molar-refractivity contribution is 0.0697. The van der Waals surface area contributed by atoms with Gasteiger partial charge in [-0.3, -0.25) is 4.68 Å². The van der Waals surface area contributed by atoms with Gasteiger partial charge in [0.2, 0.25) is 0 Å². The average Bonchev–Trinajstić information content (AvgIpc) is 2.59. The monoisotopic (exact) mass is 386 g/mol. The minimum absolute atomic E-state index is 0.269. The highest BCUT2D eigenvalue weighted by Crippen LogP contribution is 2.24. The Balaban J connectivity index is 2.33. The van der Waals surface area contributed by atoms with Gasteiger partial charge in [-0.2, -0.15) is 5.10 Å². The molecule has 6 heteroatoms. The zero-order valence-electron chi connectivity index (χ0n) is 10.4. The summed E-state index contributed by atoms with van der Waals surface area (Å²) in [5.41, 5.74) is 3.25. The molecule has 0 aliphatic heterocycles. The van der Waals surface area contributed by atoms with Gasteiger partial charge in [-0.25, -0.2) is 4.79 Å². The molecule has 4 nitrogen and oxygen atoms in total. The summed E-state index contributed by atoms with van der Waals surface area (Å²) in [4.78, 5) is 10.9. The summed E-state index contributed by atoms with van der Waals surface area (Å²) in [5, 5.41) is 13.4. The number of aromatic nitrogens is 2. The molecule has 0 atom stereocenters. The van der Waals surface area contributed by atoms with Gasteiger partial charge in [0.1, 0.15) is 0 Å². The zero-order chi connectivity index (χ0) is 14.2. The fourth-order valence-corrected chi connectivity index (χ4v) is 2.59. The van der Waals surface area contributed by atoms with E-state index in [9.17, 15) is 4.79 Å². The fourth-order valence-electron chi connectivity index (χ4n) is 1.80. The van der Waals surface area contributed by atoms with Crippen molar-refractivity contribution in [3.8, 4) is 0 Å². The van der Waals surface area contributed by atoms with Gasteiger partial charge in [0.25, 0.3) is 0 Å². The maximum absolute atomic E-state index is 10.9. The van der Waals surface area contributed by atoms with Crippen molar-refractivity contribution in [3.05, 3.63) is 49.7 Å². The van der Waals surface area contributed by atoms with E-state index >= 15 is 0 Å². The van der Waals surface area contributed by atoms with Gasteiger partial charge < -0.3 is 5.11 Å². The Bertz CT molecular complexity index is 650. The van der Waals surface area contributed by atoms with Crippen molar-refractivity contribution in [2.24, 2.45) is 0 Å². The van der Waals surface area contributed by atoms with E-state index < -0.39 is 5.97 Å². The Morgan fingerprint density at radius 1 is 1.37 bits per heavy atom. The molecule has 0 unspecified atom stereocenters. The first-order chi connectivity index (χ1) is 8.90. The highest BCUT2D eigenvalue weighted by atomic mass is 79.9. The van der Waals surface area contributed by atoms with Gasteiger partial charge in [-0.15, -0.1) is 0 Å². The number of halogens is 2. The van der Waals surface area contributed by atoms with Crippen molar-refractivity contribution in [1.82, 2.24) is 9.78 Å². The van der Waals surface area contributed by atoms with Crippen LogP contribution in [0.1, 0.15) is 27.3 Å². The Morgan fingerprint density at radius 2 is 2.05 bits per heavy atom. The molecule has 1 N–H and O–H groups in total. The average molecular weight is 388 g/mol. The molecule has 0 saturated heterocycles. The number of aryl methyl sites for hydroxylation is 1. The Morgan fingerprint density at radius 3 is 2.53 bits per heavy atom. The number of hydrogen-bond donors (Lipinski definition) is 1. The van der Waals surface area contributed by atoms with Crippen LogP contribution in [0.2, 0.25) is 0 Å². The van der Waals surface area contributed by atoms with E-state index in [1.165, 1.54) is 0 Å². The molecule has 1 aromatic carbocycles. The minimum Gasteiger partial charge on any atom is -0.478 e. The molecule has 0 saturated carbocycles. The predicted molar refractivity (Wildman–Crippen MR) is 79.6 cm³/mol. The van der Waals surface area contributed by atoms with Crippen LogP contribution in [0.15, 0.2) is 27.1 Å². The first kappa shape index (κ1) is 14.3. The van der Waals surface area contributed by atoms with Crippen molar-refractivity contribution >= 4 is 37.8 Å². The minimum atomic E-state index is -0.930. The largest absolute Gasteiger partial charge is 0.478 e. The third kappa shape index (κ3) is 2.90. The second kappa shape index (κ2) is 5.46. The van der Waals surface area contributed by atoms with Crippen molar-refractivity contribution in [2.75, 3.05) is 0 Å². The molecule has 0 radical (unpaired) electrons. The quantitative estimate of drug-likeness (QED) is 0.871. The number of carboxylic acids is 1. The van der Waals surface area contributed by atoms with Gasteiger partial charge in [0.15, 0.2) is 0 Å². The third-order valence-electron chi connectivity index (χ3n) is 2.91. The summed E-state index contributed by atoms with van der Waals surface area (Å²) in [6, 6.07) is 5.01. The van der Waals surface area contributed by atoms with Gasteiger partial charge in [-0.05, 0) is 47.5 Å². The van der Waals surface area contributed by atoms with E-state index in [2.05, 4.69) is 37.0 Å². The maximum atomic E-state index is 10.9. The van der Waals surface area contributed by atoms with Crippen LogP contribution in [-0.4, -0.2) is 20.9 Å². The van der Waals surface area contributed by atoms with E-state index in [0.29, 0.717) is 6.54 Å². The summed E-state index contributed by atoms with van der Waals surface area (Å²) in [6.45, 7) is 4.53. The molecule has 0 fully saturated rings. The molecular formula is C13H12Br2N2O2. The smallest absolute Gasteiger partial charge is 0.335 e. The van der Waals surface area contributed by atoms with Crippen LogP contribution < -0.4 is 0 Å². The number of benzene rings is 1. The first-order valence-electron chi connectivity index (χ1n) is 5.61. The Hall–Kier alpha value is -1.14. The molecule has 0 bridgehead atoms. The zero-order valence-corrected chi connectivity index (χ0v) is 13.6. The lowest BCUT2D eigenvalue weighted by atomic mass is 10.1. The van der Waals surface area contributed by atoms with Crippen LogP contribution in [0.4, 0.5) is 0 Å². The highest BCUT2D eigenvalue weighted by molar-refractivity contribution is 9.10. The van der Waals surface area contributed by atoms with E-state index in [4.69, 9.17) is 5.11 Å². The van der Waals surface area contributed by atoms with Crippen molar-refractivity contribution in [2.45, 2.75) is 20.4 Å². The number of rotatable bonds is 3. The van der Waals surface area contributed by atoms with Crippen LogP contribution in [0.5, 0.6) is 0 Å². The van der Waals surface area contributed by atoms with Crippen LogP contribution in [0, 0.1) is 13.8 Å². The highest BCUT2D eigenvalue weighted by Gasteiger charge is 2.11. The summed E-state index contributed by atoms with van der Waals surface area (Å²) in [6.07, 6.45) is 0. The van der Waals surface area contributed by atoms with Crippen molar-refractivity contribution < 1.29 is 9.90 Å². The number of carbonyl (C=O) groups is 1. The van der Waals surface area contributed by atoms with Gasteiger partial charge in [0.05, 0.1) is 28.0 Å². The molecule has 1 aromatic heterocycles. The second-order valence-corrected chi connectivity index (χ2v) is 5.90. The van der Waals surface area contributed by atoms with Gasteiger partial charge in [-0.1, -0.05) is 22.0 Å². The molecule has 0 spiro atoms. The molecular weight excluding hydrogens is 376 g/mol. The van der Waals surface area contributed by atoms with E-state index in [-0.39, 0.29) is 5.56 Å². The lowest BCUT2D eigenvalue weighted by Gasteiger charge is -2.08. The molecule has 0 aliphatic rings. The molecule has 2 rings (SSSR count). The first-order valence-corrected chi connectivity index (χ1v) is 7.20. The molecule has 2 aromatic rings. The standard InChI is InChI=1S/C13H12Br2N2O2/c1-7-12(15)8(2)17(16-7)6-10-4-3-9(13(18)19)5-11(10)14/h3-5H,6H2,1-2H3,(H,18,19). The second-order valence-electron chi connectivity index (χ2n) is 4.25. The predicted octanol–water partition coefficient (Wildman–Crippen LogP) is 3.77. The van der Waals surface area contributed by atoms with E-state index in [1.807, 2.05) is 18.5 Å². The van der Waals surface area contributed by atoms with Gasteiger partial charge in [0, 0.05) is 4.47 Å². The number of nitrogens with zero attached hydrogens (tertiary/aromatic N) is 2. The van der Waals surface area contributed by atoms with E-state index in [1.54, 1.807) is 18.2 Å². The van der Waals surface area contributed by atoms with Crippen molar-refractivity contribution in [3.63, 3.8) is 0 Å². The summed E-state index contributed by atoms with van der Waals surface area (Å²) < 4.78 is 3.67. The topological polar surface area (TPSA) is 55.1 Å². The van der Waals surface area contributed by atoms with Crippen LogP contribution in [0.3, 0.4) is 0 Å². The Labute approximate surface area is 127 Å². The normalized spacial score (nSPS) is 10.7. The van der Waals surface area contributed by atoms with Crippen molar-refractivity contribution in [1.29, 1.82) is 0 Å². The van der Waals surface area contributed by atoms with Gasteiger partial charge >= 0.3 is 5.97 Å². The third-order valence-corrected chi connectivity index (χ3v) is 4.80. The van der Waals surface area contributed by atoms with Crippen LogP contribution in [0.25, 0.3) is 0 Å². The lowest BCUT2D eigenvalue weighted by Crippen LogP contribution is -2.05. The summed E-state index contributed by atoms with van der Waals surface area (Å²) >= 11 is 6.90.